The van der Waals surface area contributed by atoms with Crippen LogP contribution in [0, 0.1) is 11.7 Å². The zero-order chi connectivity index (χ0) is 17.4. The van der Waals surface area contributed by atoms with E-state index in [2.05, 4.69) is 29.5 Å². The lowest BCUT2D eigenvalue weighted by Gasteiger charge is -2.09. The van der Waals surface area contributed by atoms with Crippen molar-refractivity contribution in [2.75, 3.05) is 18.4 Å². The Balaban J connectivity index is 1.76. The smallest absolute Gasteiger partial charge is 0.269 e. The van der Waals surface area contributed by atoms with E-state index in [1.54, 1.807) is 24.4 Å². The van der Waals surface area contributed by atoms with E-state index in [1.165, 1.54) is 12.1 Å². The molecule has 24 heavy (non-hydrogen) atoms. The summed E-state index contributed by atoms with van der Waals surface area (Å²) in [6, 6.07) is 9.86. The molecule has 2 aromatic rings. The van der Waals surface area contributed by atoms with Crippen LogP contribution >= 0.6 is 0 Å². The minimum atomic E-state index is -0.255. The summed E-state index contributed by atoms with van der Waals surface area (Å²) in [5, 5.41) is 6.11. The predicted octanol–water partition coefficient (Wildman–Crippen LogP) is 3.65. The highest BCUT2D eigenvalue weighted by Gasteiger charge is 2.06. The van der Waals surface area contributed by atoms with Crippen molar-refractivity contribution in [2.24, 2.45) is 5.92 Å². The van der Waals surface area contributed by atoms with Gasteiger partial charge in [0.15, 0.2) is 0 Å². The Labute approximate surface area is 142 Å². The summed E-state index contributed by atoms with van der Waals surface area (Å²) in [5.41, 5.74) is 2.29. The van der Waals surface area contributed by atoms with Gasteiger partial charge in [0.2, 0.25) is 0 Å². The van der Waals surface area contributed by atoms with E-state index in [1.807, 2.05) is 6.07 Å². The molecule has 4 nitrogen and oxygen atoms in total. The second-order valence-corrected chi connectivity index (χ2v) is 6.17. The number of halogens is 1. The molecule has 0 saturated carbocycles. The van der Waals surface area contributed by atoms with Gasteiger partial charge in [-0.2, -0.15) is 0 Å². The lowest BCUT2D eigenvalue weighted by molar-refractivity contribution is 0.0949. The fourth-order valence-corrected chi connectivity index (χ4v) is 2.20. The first kappa shape index (κ1) is 17.9. The molecule has 0 atom stereocenters. The van der Waals surface area contributed by atoms with Gasteiger partial charge in [-0.25, -0.2) is 9.37 Å². The average molecular weight is 329 g/mol. The van der Waals surface area contributed by atoms with Gasteiger partial charge in [0.25, 0.3) is 5.91 Å². The highest BCUT2D eigenvalue weighted by molar-refractivity contribution is 5.92. The molecule has 128 valence electrons. The number of aromatic nitrogens is 1. The first-order valence-corrected chi connectivity index (χ1v) is 8.27. The van der Waals surface area contributed by atoms with Crippen LogP contribution in [0.3, 0.4) is 0 Å². The second-order valence-electron chi connectivity index (χ2n) is 6.17. The normalized spacial score (nSPS) is 10.7. The van der Waals surface area contributed by atoms with Gasteiger partial charge >= 0.3 is 0 Å². The summed E-state index contributed by atoms with van der Waals surface area (Å²) >= 11 is 0. The monoisotopic (exact) mass is 329 g/mol. The van der Waals surface area contributed by atoms with Crippen LogP contribution in [0.25, 0.3) is 0 Å². The standard InChI is InChI=1S/C19H24FN3O/c1-14(2)9-11-21-17-7-8-18(23-13-17)19(24)22-12-10-15-3-5-16(20)6-4-15/h3-8,13-14,21H,9-12H2,1-2H3,(H,22,24). The molecule has 0 radical (unpaired) electrons. The number of anilines is 1. The molecule has 0 bridgehead atoms. The summed E-state index contributed by atoms with van der Waals surface area (Å²) in [4.78, 5) is 16.2. The molecule has 5 heteroatoms. The van der Waals surface area contributed by atoms with Gasteiger partial charge < -0.3 is 10.6 Å². The molecular formula is C19H24FN3O. The second kappa shape index (κ2) is 9.01. The molecule has 2 N–H and O–H groups in total. The minimum Gasteiger partial charge on any atom is -0.384 e. The van der Waals surface area contributed by atoms with Crippen molar-refractivity contribution in [3.05, 3.63) is 59.7 Å². The molecule has 0 spiro atoms. The van der Waals surface area contributed by atoms with Crippen molar-refractivity contribution in [3.8, 4) is 0 Å². The number of amides is 1. The molecule has 1 heterocycles. The average Bonchev–Trinajstić information content (AvgIpc) is 2.57. The third kappa shape index (κ3) is 5.99. The van der Waals surface area contributed by atoms with Gasteiger partial charge in [-0.1, -0.05) is 26.0 Å². The molecule has 1 aromatic carbocycles. The third-order valence-electron chi connectivity index (χ3n) is 3.66. The molecule has 0 fully saturated rings. The SMILES string of the molecule is CC(C)CCNc1ccc(C(=O)NCCc2ccc(F)cc2)nc1. The number of carbonyl (C=O) groups is 1. The number of benzene rings is 1. The number of rotatable bonds is 8. The molecule has 0 unspecified atom stereocenters. The summed E-state index contributed by atoms with van der Waals surface area (Å²) in [7, 11) is 0. The van der Waals surface area contributed by atoms with E-state index in [9.17, 15) is 9.18 Å². The molecule has 0 aliphatic rings. The van der Waals surface area contributed by atoms with Crippen molar-refractivity contribution in [3.63, 3.8) is 0 Å². The topological polar surface area (TPSA) is 54.0 Å². The largest absolute Gasteiger partial charge is 0.384 e. The van der Waals surface area contributed by atoms with Crippen LogP contribution in [0.15, 0.2) is 42.6 Å². The summed E-state index contributed by atoms with van der Waals surface area (Å²) in [6.07, 6.45) is 3.42. The van der Waals surface area contributed by atoms with E-state index in [0.29, 0.717) is 24.6 Å². The van der Waals surface area contributed by atoms with Crippen LogP contribution in [0.4, 0.5) is 10.1 Å². The Bertz CT molecular complexity index is 639. The summed E-state index contributed by atoms with van der Waals surface area (Å²) in [6.45, 7) is 5.74. The number of carbonyl (C=O) groups excluding carboxylic acids is 1. The molecule has 0 aliphatic heterocycles. The Kier molecular flexibility index (Phi) is 6.73. The van der Waals surface area contributed by atoms with Crippen molar-refractivity contribution in [1.82, 2.24) is 10.3 Å². The number of hydrogen-bond donors (Lipinski definition) is 2. The summed E-state index contributed by atoms with van der Waals surface area (Å²) in [5.74, 6) is 0.191. The Morgan fingerprint density at radius 3 is 2.50 bits per heavy atom. The van der Waals surface area contributed by atoms with E-state index in [4.69, 9.17) is 0 Å². The zero-order valence-electron chi connectivity index (χ0n) is 14.2. The lowest BCUT2D eigenvalue weighted by Crippen LogP contribution is -2.26. The number of nitrogens with zero attached hydrogens (tertiary/aromatic N) is 1. The van der Waals surface area contributed by atoms with E-state index in [-0.39, 0.29) is 11.7 Å². The predicted molar refractivity (Wildman–Crippen MR) is 94.6 cm³/mol. The Hall–Kier alpha value is -2.43. The van der Waals surface area contributed by atoms with Crippen LogP contribution in [-0.4, -0.2) is 24.0 Å². The Morgan fingerprint density at radius 1 is 1.12 bits per heavy atom. The van der Waals surface area contributed by atoms with Crippen LogP contribution in [-0.2, 0) is 6.42 Å². The van der Waals surface area contributed by atoms with Gasteiger partial charge in [-0.3, -0.25) is 4.79 Å². The van der Waals surface area contributed by atoms with Gasteiger partial charge in [0.1, 0.15) is 11.5 Å². The fourth-order valence-electron chi connectivity index (χ4n) is 2.20. The number of nitrogens with one attached hydrogen (secondary N) is 2. The van der Waals surface area contributed by atoms with E-state index < -0.39 is 0 Å². The first-order chi connectivity index (χ1) is 11.5. The molecule has 2 rings (SSSR count). The van der Waals surface area contributed by atoms with Crippen LogP contribution in [0.5, 0.6) is 0 Å². The van der Waals surface area contributed by atoms with Crippen LogP contribution in [0.2, 0.25) is 0 Å². The van der Waals surface area contributed by atoms with Gasteiger partial charge in [0.05, 0.1) is 11.9 Å². The van der Waals surface area contributed by atoms with Gasteiger partial charge in [-0.05, 0) is 48.6 Å². The zero-order valence-corrected chi connectivity index (χ0v) is 14.2. The van der Waals surface area contributed by atoms with Crippen molar-refractivity contribution >= 4 is 11.6 Å². The minimum absolute atomic E-state index is 0.203. The number of pyridine rings is 1. The van der Waals surface area contributed by atoms with Crippen LogP contribution in [0.1, 0.15) is 36.3 Å². The molecule has 1 aromatic heterocycles. The Morgan fingerprint density at radius 2 is 1.88 bits per heavy atom. The van der Waals surface area contributed by atoms with E-state index in [0.717, 1.165) is 24.2 Å². The maximum atomic E-state index is 12.8. The molecular weight excluding hydrogens is 305 g/mol. The van der Waals surface area contributed by atoms with Crippen LogP contribution < -0.4 is 10.6 Å². The van der Waals surface area contributed by atoms with Crippen molar-refractivity contribution in [1.29, 1.82) is 0 Å². The molecule has 0 saturated heterocycles. The van der Waals surface area contributed by atoms with Gasteiger partial charge in [-0.15, -0.1) is 0 Å². The van der Waals surface area contributed by atoms with Gasteiger partial charge in [0, 0.05) is 13.1 Å². The first-order valence-electron chi connectivity index (χ1n) is 8.27. The summed E-state index contributed by atoms with van der Waals surface area (Å²) < 4.78 is 12.8. The quantitative estimate of drug-likeness (QED) is 0.777. The molecule has 0 aliphatic carbocycles. The highest BCUT2D eigenvalue weighted by Crippen LogP contribution is 2.08. The lowest BCUT2D eigenvalue weighted by atomic mass is 10.1. The molecule has 1 amide bonds. The maximum Gasteiger partial charge on any atom is 0.269 e. The van der Waals surface area contributed by atoms with Crippen molar-refractivity contribution < 1.29 is 9.18 Å². The van der Waals surface area contributed by atoms with E-state index >= 15 is 0 Å². The highest BCUT2D eigenvalue weighted by atomic mass is 19.1. The number of hydrogen-bond acceptors (Lipinski definition) is 3. The maximum absolute atomic E-state index is 12.8. The van der Waals surface area contributed by atoms with Crippen molar-refractivity contribution in [2.45, 2.75) is 26.7 Å². The fraction of sp³-hybridized carbons (Fsp3) is 0.368. The third-order valence-corrected chi connectivity index (χ3v) is 3.66.